The van der Waals surface area contributed by atoms with Crippen molar-refractivity contribution in [2.24, 2.45) is 33.9 Å². The Morgan fingerprint density at radius 2 is 1.49 bits per heavy atom. The zero-order valence-electron chi connectivity index (χ0n) is 26.9. The van der Waals surface area contributed by atoms with Crippen molar-refractivity contribution in [3.8, 4) is 0 Å². The topological polar surface area (TPSA) is 170 Å². The molecule has 1 aromatic carbocycles. The van der Waals surface area contributed by atoms with E-state index in [0.717, 1.165) is 24.8 Å². The van der Waals surface area contributed by atoms with Crippen LogP contribution in [0.2, 0.25) is 0 Å². The molecular weight excluding hydrogens is 580 g/mol. The van der Waals surface area contributed by atoms with Gasteiger partial charge in [0.05, 0.1) is 49.2 Å². The maximum atomic E-state index is 13.2. The van der Waals surface area contributed by atoms with Gasteiger partial charge >= 0.3 is 0 Å². The quantitative estimate of drug-likeness (QED) is 0.159. The monoisotopic (exact) mass is 626 g/mol. The third-order valence-corrected chi connectivity index (χ3v) is 10.4. The zero-order chi connectivity index (χ0) is 32.2. The summed E-state index contributed by atoms with van der Waals surface area (Å²) in [5.41, 5.74) is 19.6. The van der Waals surface area contributed by atoms with Crippen molar-refractivity contribution < 1.29 is 33.2 Å². The number of fused-ring (bicyclic) bond motifs is 2. The minimum atomic E-state index is -0.990. The summed E-state index contributed by atoms with van der Waals surface area (Å²) in [4.78, 5) is 19.4. The van der Waals surface area contributed by atoms with Crippen LogP contribution in [-0.2, 0) is 39.8 Å². The van der Waals surface area contributed by atoms with Gasteiger partial charge in [-0.05, 0) is 60.6 Å². The van der Waals surface area contributed by atoms with Gasteiger partial charge in [-0.2, -0.15) is 0 Å². The van der Waals surface area contributed by atoms with Gasteiger partial charge in [-0.25, -0.2) is 0 Å². The molecule has 4 aliphatic rings. The van der Waals surface area contributed by atoms with E-state index < -0.39 is 49.0 Å². The van der Waals surface area contributed by atoms with E-state index in [0.29, 0.717) is 0 Å². The van der Waals surface area contributed by atoms with Gasteiger partial charge in [0.15, 0.2) is 18.4 Å². The Balaban J connectivity index is 1.44. The van der Waals surface area contributed by atoms with Crippen LogP contribution in [-0.4, -0.2) is 73.2 Å². The second-order valence-corrected chi connectivity index (χ2v) is 13.1. The largest absolute Gasteiger partial charge is 0.372 e. The Hall–Kier alpha value is -2.73. The highest BCUT2D eigenvalue weighted by Crippen LogP contribution is 2.43. The number of ketones is 1. The molecule has 13 nitrogen and oxygen atoms in total. The van der Waals surface area contributed by atoms with Crippen molar-refractivity contribution >= 4 is 5.78 Å². The number of Topliss-reactive ketones (excluding diaryl/α,β-unsaturated/α-hetero) is 1. The van der Waals surface area contributed by atoms with E-state index in [1.54, 1.807) is 0 Å². The summed E-state index contributed by atoms with van der Waals surface area (Å²) in [6.45, 7) is 11.9. The standard InChI is InChI=1S/C32H46N6O7/c1-7-22-16(2)17(3)26(36-38-34)31(42-22)44-28-19(5)29(40-15-21-11-9-8-10-12-21)32(45-30(28)20(6)39)43-27-18(4)25(35-37-33)23-13-14-24(27)41-23/h8-12,16-19,22-32H,7,13-15H2,1-6H3/t16-,17-,18+,19-,22-,23-,24?,25?,26?,27-,28-,29?,30-,31+,32+/m0/s1. The van der Waals surface area contributed by atoms with Gasteiger partial charge in [-0.3, -0.25) is 4.79 Å². The molecule has 4 saturated heterocycles. The third-order valence-electron chi connectivity index (χ3n) is 10.4. The molecule has 0 aromatic heterocycles. The molecule has 4 fully saturated rings. The second kappa shape index (κ2) is 14.8. The van der Waals surface area contributed by atoms with Gasteiger partial charge in [0.25, 0.3) is 0 Å². The fourth-order valence-electron chi connectivity index (χ4n) is 7.53. The summed E-state index contributed by atoms with van der Waals surface area (Å²) >= 11 is 0. The molecule has 45 heavy (non-hydrogen) atoms. The van der Waals surface area contributed by atoms with Gasteiger partial charge in [-0.1, -0.05) is 75.2 Å². The number of nitrogens with zero attached hydrogens (tertiary/aromatic N) is 6. The number of rotatable bonds is 11. The predicted octanol–water partition coefficient (Wildman–Crippen LogP) is 6.25. The first-order chi connectivity index (χ1) is 21.7. The summed E-state index contributed by atoms with van der Waals surface area (Å²) in [6, 6.07) is 8.83. The van der Waals surface area contributed by atoms with Crippen molar-refractivity contribution in [1.82, 2.24) is 0 Å². The minimum absolute atomic E-state index is 0.00607. The molecule has 0 saturated carbocycles. The fraction of sp³-hybridized carbons (Fsp3) is 0.781. The molecule has 0 aliphatic carbocycles. The number of azide groups is 2. The van der Waals surface area contributed by atoms with E-state index in [-0.39, 0.29) is 54.5 Å². The molecule has 0 spiro atoms. The molecule has 0 radical (unpaired) electrons. The minimum Gasteiger partial charge on any atom is -0.372 e. The number of carbonyl (C=O) groups is 1. The van der Waals surface area contributed by atoms with E-state index in [2.05, 4.69) is 27.0 Å². The molecule has 0 amide bonds. The van der Waals surface area contributed by atoms with Crippen molar-refractivity contribution in [2.45, 2.75) is 135 Å². The molecule has 1 aromatic rings. The van der Waals surface area contributed by atoms with Crippen LogP contribution >= 0.6 is 0 Å². The Kier molecular flexibility index (Phi) is 11.1. The first-order valence-electron chi connectivity index (χ1n) is 16.2. The van der Waals surface area contributed by atoms with Crippen LogP contribution in [0.4, 0.5) is 0 Å². The van der Waals surface area contributed by atoms with Crippen molar-refractivity contribution in [1.29, 1.82) is 0 Å². The van der Waals surface area contributed by atoms with Crippen molar-refractivity contribution in [3.05, 3.63) is 56.8 Å². The summed E-state index contributed by atoms with van der Waals surface area (Å²) in [7, 11) is 0. The van der Waals surface area contributed by atoms with Crippen molar-refractivity contribution in [3.63, 3.8) is 0 Å². The van der Waals surface area contributed by atoms with Crippen LogP contribution < -0.4 is 0 Å². The van der Waals surface area contributed by atoms with Crippen LogP contribution in [0.1, 0.15) is 66.4 Å². The van der Waals surface area contributed by atoms with E-state index in [1.165, 1.54) is 6.92 Å². The van der Waals surface area contributed by atoms with E-state index in [4.69, 9.17) is 28.4 Å². The third kappa shape index (κ3) is 7.01. The van der Waals surface area contributed by atoms with E-state index in [9.17, 15) is 15.9 Å². The molecule has 4 heterocycles. The lowest BCUT2D eigenvalue weighted by atomic mass is 9.81. The van der Waals surface area contributed by atoms with Crippen LogP contribution in [0, 0.1) is 23.7 Å². The number of hydrogen-bond acceptors (Lipinski definition) is 9. The summed E-state index contributed by atoms with van der Waals surface area (Å²) in [5.74, 6) is -0.616. The van der Waals surface area contributed by atoms with Gasteiger partial charge in [0.2, 0.25) is 0 Å². The lowest BCUT2D eigenvalue weighted by molar-refractivity contribution is -0.341. The van der Waals surface area contributed by atoms with Gasteiger partial charge < -0.3 is 28.4 Å². The number of ether oxygens (including phenoxy) is 6. The fourth-order valence-corrected chi connectivity index (χ4v) is 7.53. The number of hydrogen-bond donors (Lipinski definition) is 0. The SMILES string of the molecule is CC[C@@H]1O[C@H](O[C@H]2[C@H](C)C(OCc3ccccc3)[C@H](O[C@@H]3C4CC[C@H](O4)C(N=[N+]=[N-])[C@H]3C)O[C@H]2C(C)=O)C(N=[N+]=[N-])[C@@H](C)[C@@H]1C. The maximum absolute atomic E-state index is 13.2. The van der Waals surface area contributed by atoms with Gasteiger partial charge in [0.1, 0.15) is 12.2 Å². The maximum Gasteiger partial charge on any atom is 0.185 e. The predicted molar refractivity (Wildman–Crippen MR) is 163 cm³/mol. The molecule has 2 bridgehead atoms. The summed E-state index contributed by atoms with van der Waals surface area (Å²) in [6.07, 6.45) is -2.75. The first kappa shape index (κ1) is 33.6. The normalized spacial score (nSPS) is 42.8. The average molecular weight is 627 g/mol. The van der Waals surface area contributed by atoms with E-state index in [1.807, 2.05) is 58.0 Å². The highest BCUT2D eigenvalue weighted by Gasteiger charge is 2.54. The highest BCUT2D eigenvalue weighted by molar-refractivity contribution is 5.81. The van der Waals surface area contributed by atoms with Crippen LogP contribution in [0.5, 0.6) is 0 Å². The molecule has 5 rings (SSSR count). The number of benzene rings is 1. The Labute approximate surface area is 264 Å². The number of carbonyl (C=O) groups excluding carboxylic acids is 1. The van der Waals surface area contributed by atoms with Crippen molar-refractivity contribution in [2.75, 3.05) is 0 Å². The Morgan fingerprint density at radius 3 is 2.16 bits per heavy atom. The zero-order valence-corrected chi connectivity index (χ0v) is 26.9. The molecule has 4 unspecified atom stereocenters. The highest BCUT2D eigenvalue weighted by atomic mass is 16.7. The lowest BCUT2D eigenvalue weighted by Gasteiger charge is -2.49. The molecule has 0 N–H and O–H groups in total. The summed E-state index contributed by atoms with van der Waals surface area (Å²) in [5, 5.41) is 8.11. The second-order valence-electron chi connectivity index (χ2n) is 13.1. The van der Waals surface area contributed by atoms with E-state index >= 15 is 0 Å². The lowest BCUT2D eigenvalue weighted by Crippen LogP contribution is -2.62. The molecule has 13 heteroatoms. The van der Waals surface area contributed by atoms with Crippen LogP contribution in [0.3, 0.4) is 0 Å². The molecular formula is C32H46N6O7. The average Bonchev–Trinajstić information content (AvgIpc) is 3.47. The Bertz CT molecular complexity index is 1260. The first-order valence-corrected chi connectivity index (χ1v) is 16.2. The van der Waals surface area contributed by atoms with Crippen LogP contribution in [0.15, 0.2) is 40.6 Å². The smallest absolute Gasteiger partial charge is 0.185 e. The molecule has 15 atom stereocenters. The van der Waals surface area contributed by atoms with Crippen LogP contribution in [0.25, 0.3) is 20.9 Å². The molecule has 4 aliphatic heterocycles. The molecule has 246 valence electrons. The van der Waals surface area contributed by atoms with Gasteiger partial charge in [0, 0.05) is 15.7 Å². The Morgan fingerprint density at radius 1 is 0.822 bits per heavy atom. The summed E-state index contributed by atoms with van der Waals surface area (Å²) < 4.78 is 38.9. The van der Waals surface area contributed by atoms with Gasteiger partial charge in [-0.15, -0.1) is 0 Å².